The summed E-state index contributed by atoms with van der Waals surface area (Å²) in [6.45, 7) is 8.90. The Hall–Kier alpha value is -0.670. The van der Waals surface area contributed by atoms with Gasteiger partial charge in [-0.05, 0) is 29.4 Å². The number of ketones is 1. The number of carbonyl (C=O) groups excluding carboxylic acids is 1. The Morgan fingerprint density at radius 2 is 2.00 bits per heavy atom. The maximum atomic E-state index is 12.2. The minimum atomic E-state index is 0.0694. The van der Waals surface area contributed by atoms with Gasteiger partial charge >= 0.3 is 0 Å². The Labute approximate surface area is 124 Å². The molecule has 0 aliphatic rings. The van der Waals surface area contributed by atoms with E-state index in [-0.39, 0.29) is 5.78 Å². The van der Waals surface area contributed by atoms with Gasteiger partial charge in [0.05, 0.1) is 17.9 Å². The molecule has 1 rings (SSSR count). The summed E-state index contributed by atoms with van der Waals surface area (Å²) in [7, 11) is 0. The number of hydrogen-bond acceptors (Lipinski definition) is 3. The van der Waals surface area contributed by atoms with Crippen molar-refractivity contribution in [2.45, 2.75) is 32.9 Å². The lowest BCUT2D eigenvalue weighted by Gasteiger charge is -2.13. The van der Waals surface area contributed by atoms with Gasteiger partial charge in [-0.25, -0.2) is 0 Å². The number of ether oxygens (including phenoxy) is 1. The molecule has 0 spiro atoms. The molecule has 2 nitrogen and oxygen atoms in total. The van der Waals surface area contributed by atoms with E-state index < -0.39 is 0 Å². The molecule has 0 heterocycles. The van der Waals surface area contributed by atoms with Crippen LogP contribution in [0.15, 0.2) is 18.2 Å². The van der Waals surface area contributed by atoms with Crippen LogP contribution in [-0.2, 0) is 0 Å². The van der Waals surface area contributed by atoms with Crippen molar-refractivity contribution in [1.29, 1.82) is 0 Å². The Morgan fingerprint density at radius 1 is 1.32 bits per heavy atom. The maximum Gasteiger partial charge on any atom is 0.176 e. The second-order valence-corrected chi connectivity index (χ2v) is 7.13. The quantitative estimate of drug-likeness (QED) is 0.683. The van der Waals surface area contributed by atoms with Crippen molar-refractivity contribution in [3.8, 4) is 5.75 Å². The minimum Gasteiger partial charge on any atom is -0.493 e. The SMILES string of the molecule is CC(C)COc1ccc(Cl)cc1C(=O)CSC(C)C. The van der Waals surface area contributed by atoms with Crippen molar-refractivity contribution in [2.24, 2.45) is 5.92 Å². The van der Waals surface area contributed by atoms with E-state index in [1.54, 1.807) is 30.0 Å². The number of thioether (sulfide) groups is 1. The van der Waals surface area contributed by atoms with Crippen LogP contribution in [0.2, 0.25) is 5.02 Å². The van der Waals surface area contributed by atoms with E-state index in [9.17, 15) is 4.79 Å². The highest BCUT2D eigenvalue weighted by molar-refractivity contribution is 8.00. The van der Waals surface area contributed by atoms with Crippen LogP contribution in [0.4, 0.5) is 0 Å². The molecule has 0 aliphatic heterocycles. The summed E-state index contributed by atoms with van der Waals surface area (Å²) in [5.41, 5.74) is 0.585. The largest absolute Gasteiger partial charge is 0.493 e. The molecule has 0 aliphatic carbocycles. The summed E-state index contributed by atoms with van der Waals surface area (Å²) in [5, 5.41) is 0.998. The fraction of sp³-hybridized carbons (Fsp3) is 0.533. The van der Waals surface area contributed by atoms with E-state index in [2.05, 4.69) is 27.7 Å². The van der Waals surface area contributed by atoms with E-state index in [0.717, 1.165) is 0 Å². The fourth-order valence-electron chi connectivity index (χ4n) is 1.42. The average Bonchev–Trinajstić information content (AvgIpc) is 2.34. The number of hydrogen-bond donors (Lipinski definition) is 0. The van der Waals surface area contributed by atoms with E-state index in [4.69, 9.17) is 16.3 Å². The zero-order chi connectivity index (χ0) is 14.4. The zero-order valence-electron chi connectivity index (χ0n) is 11.9. The lowest BCUT2D eigenvalue weighted by Crippen LogP contribution is -2.11. The van der Waals surface area contributed by atoms with Gasteiger partial charge in [0, 0.05) is 5.02 Å². The Balaban J connectivity index is 2.83. The van der Waals surface area contributed by atoms with Gasteiger partial charge in [-0.15, -0.1) is 0 Å². The topological polar surface area (TPSA) is 26.3 Å². The molecule has 0 saturated carbocycles. The highest BCUT2D eigenvalue weighted by Gasteiger charge is 2.14. The molecule has 1 aromatic rings. The average molecular weight is 301 g/mol. The molecule has 0 atom stereocenters. The standard InChI is InChI=1S/C15H21ClO2S/c1-10(2)8-18-15-6-5-12(16)7-13(15)14(17)9-19-11(3)4/h5-7,10-11H,8-9H2,1-4H3. The van der Waals surface area contributed by atoms with Crippen molar-refractivity contribution in [3.63, 3.8) is 0 Å². The van der Waals surface area contributed by atoms with Gasteiger partial charge in [-0.2, -0.15) is 11.8 Å². The third kappa shape index (κ3) is 5.87. The van der Waals surface area contributed by atoms with Crippen LogP contribution < -0.4 is 4.74 Å². The molecular formula is C15H21ClO2S. The summed E-state index contributed by atoms with van der Waals surface area (Å²) >= 11 is 7.60. The van der Waals surface area contributed by atoms with Crippen LogP contribution in [0.3, 0.4) is 0 Å². The summed E-state index contributed by atoms with van der Waals surface area (Å²) in [6, 6.07) is 5.22. The fourth-order valence-corrected chi connectivity index (χ4v) is 2.23. The van der Waals surface area contributed by atoms with Gasteiger partial charge < -0.3 is 4.74 Å². The molecule has 1 aromatic carbocycles. The summed E-state index contributed by atoms with van der Waals surface area (Å²) < 4.78 is 5.69. The van der Waals surface area contributed by atoms with E-state index in [0.29, 0.717) is 39.9 Å². The van der Waals surface area contributed by atoms with Crippen molar-refractivity contribution >= 4 is 29.1 Å². The van der Waals surface area contributed by atoms with Crippen LogP contribution in [0.5, 0.6) is 5.75 Å². The predicted molar refractivity (Wildman–Crippen MR) is 83.7 cm³/mol. The van der Waals surface area contributed by atoms with Crippen molar-refractivity contribution in [2.75, 3.05) is 12.4 Å². The van der Waals surface area contributed by atoms with Gasteiger partial charge in [0.1, 0.15) is 5.75 Å². The molecule has 0 bridgehead atoms. The van der Waals surface area contributed by atoms with Gasteiger partial charge in [0.15, 0.2) is 5.78 Å². The summed E-state index contributed by atoms with van der Waals surface area (Å²) in [4.78, 5) is 12.2. The molecule has 0 amide bonds. The van der Waals surface area contributed by atoms with Crippen LogP contribution >= 0.6 is 23.4 Å². The molecule has 0 unspecified atom stereocenters. The van der Waals surface area contributed by atoms with Crippen LogP contribution in [0, 0.1) is 5.92 Å². The molecule has 4 heteroatoms. The predicted octanol–water partition coefficient (Wildman–Crippen LogP) is 4.70. The lowest BCUT2D eigenvalue weighted by molar-refractivity contribution is 0.101. The molecule has 0 N–H and O–H groups in total. The monoisotopic (exact) mass is 300 g/mol. The number of rotatable bonds is 7. The van der Waals surface area contributed by atoms with E-state index in [1.807, 2.05) is 0 Å². The number of benzene rings is 1. The third-order valence-corrected chi connectivity index (χ3v) is 3.69. The second-order valence-electron chi connectivity index (χ2n) is 5.13. The third-order valence-electron chi connectivity index (χ3n) is 2.36. The minimum absolute atomic E-state index is 0.0694. The zero-order valence-corrected chi connectivity index (χ0v) is 13.5. The summed E-state index contributed by atoms with van der Waals surface area (Å²) in [5.74, 6) is 1.58. The van der Waals surface area contributed by atoms with Gasteiger partial charge in [0.2, 0.25) is 0 Å². The highest BCUT2D eigenvalue weighted by Crippen LogP contribution is 2.25. The number of Topliss-reactive ketones (excluding diaryl/α,β-unsaturated/α-hetero) is 1. The lowest BCUT2D eigenvalue weighted by atomic mass is 10.1. The molecule has 19 heavy (non-hydrogen) atoms. The summed E-state index contributed by atoms with van der Waals surface area (Å²) in [6.07, 6.45) is 0. The van der Waals surface area contributed by atoms with E-state index >= 15 is 0 Å². The van der Waals surface area contributed by atoms with Crippen molar-refractivity contribution < 1.29 is 9.53 Å². The van der Waals surface area contributed by atoms with Gasteiger partial charge in [0.25, 0.3) is 0 Å². The first-order chi connectivity index (χ1) is 8.90. The Bertz CT molecular complexity index is 430. The number of halogens is 1. The maximum absolute atomic E-state index is 12.2. The van der Waals surface area contributed by atoms with Crippen molar-refractivity contribution in [1.82, 2.24) is 0 Å². The highest BCUT2D eigenvalue weighted by atomic mass is 35.5. The first-order valence-corrected chi connectivity index (χ1v) is 7.90. The van der Waals surface area contributed by atoms with Crippen molar-refractivity contribution in [3.05, 3.63) is 28.8 Å². The molecule has 106 valence electrons. The smallest absolute Gasteiger partial charge is 0.176 e. The van der Waals surface area contributed by atoms with E-state index in [1.165, 1.54) is 0 Å². The van der Waals surface area contributed by atoms with Gasteiger partial charge in [-0.1, -0.05) is 39.3 Å². The molecule has 0 aromatic heterocycles. The first kappa shape index (κ1) is 16.4. The molecular weight excluding hydrogens is 280 g/mol. The van der Waals surface area contributed by atoms with Crippen LogP contribution in [0.1, 0.15) is 38.1 Å². The van der Waals surface area contributed by atoms with Crippen LogP contribution in [-0.4, -0.2) is 23.4 Å². The Morgan fingerprint density at radius 3 is 2.58 bits per heavy atom. The second kappa shape index (κ2) is 7.81. The first-order valence-electron chi connectivity index (χ1n) is 6.47. The van der Waals surface area contributed by atoms with Crippen LogP contribution in [0.25, 0.3) is 0 Å². The van der Waals surface area contributed by atoms with Gasteiger partial charge in [-0.3, -0.25) is 4.79 Å². The molecule has 0 saturated heterocycles. The number of carbonyl (C=O) groups is 1. The molecule has 0 fully saturated rings. The Kier molecular flexibility index (Phi) is 6.73. The molecule has 0 radical (unpaired) electrons. The normalized spacial score (nSPS) is 11.1.